The van der Waals surface area contributed by atoms with Gasteiger partial charge in [0.15, 0.2) is 0 Å². The normalized spacial score (nSPS) is 10.6. The van der Waals surface area contributed by atoms with Crippen molar-refractivity contribution in [2.45, 2.75) is 19.3 Å². The Morgan fingerprint density at radius 3 is 2.33 bits per heavy atom. The van der Waals surface area contributed by atoms with Gasteiger partial charge in [0.05, 0.1) is 7.11 Å². The van der Waals surface area contributed by atoms with E-state index in [0.717, 1.165) is 35.0 Å². The predicted molar refractivity (Wildman–Crippen MR) is 74.7 cm³/mol. The van der Waals surface area contributed by atoms with Crippen molar-refractivity contribution >= 4 is 22.9 Å². The van der Waals surface area contributed by atoms with Crippen molar-refractivity contribution in [2.24, 2.45) is 0 Å². The van der Waals surface area contributed by atoms with Crippen LogP contribution in [0, 0.1) is 0 Å². The minimum Gasteiger partial charge on any atom is -0.497 e. The van der Waals surface area contributed by atoms with Gasteiger partial charge in [-0.15, -0.1) is 33.1 Å². The van der Waals surface area contributed by atoms with Crippen molar-refractivity contribution in [1.29, 1.82) is 0 Å². The molecule has 0 spiro atoms. The third kappa shape index (κ3) is 3.68. The maximum Gasteiger partial charge on any atom is 0.118 e. The van der Waals surface area contributed by atoms with Crippen molar-refractivity contribution in [3.05, 3.63) is 39.8 Å². The topological polar surface area (TPSA) is 35.0 Å². The van der Waals surface area contributed by atoms with Crippen molar-refractivity contribution in [1.82, 2.24) is 10.2 Å². The SMILES string of the molecule is COc1ccc(CCc2nnc(CCCl)s2)cc1. The summed E-state index contributed by atoms with van der Waals surface area (Å²) in [6, 6.07) is 8.13. The van der Waals surface area contributed by atoms with E-state index in [1.54, 1.807) is 18.4 Å². The lowest BCUT2D eigenvalue weighted by molar-refractivity contribution is 0.414. The van der Waals surface area contributed by atoms with E-state index in [1.165, 1.54) is 5.56 Å². The molecule has 0 aliphatic carbocycles. The van der Waals surface area contributed by atoms with Crippen LogP contribution in [0.5, 0.6) is 5.75 Å². The number of alkyl halides is 1. The van der Waals surface area contributed by atoms with E-state index in [2.05, 4.69) is 22.3 Å². The molecule has 0 aliphatic rings. The molecule has 0 radical (unpaired) electrons. The molecule has 1 aromatic carbocycles. The van der Waals surface area contributed by atoms with Crippen LogP contribution in [-0.4, -0.2) is 23.2 Å². The number of rotatable bonds is 6. The smallest absolute Gasteiger partial charge is 0.118 e. The Hall–Kier alpha value is -1.13. The number of nitrogens with zero attached hydrogens (tertiary/aromatic N) is 2. The fourth-order valence-corrected chi connectivity index (χ4v) is 2.75. The summed E-state index contributed by atoms with van der Waals surface area (Å²) >= 11 is 7.33. The highest BCUT2D eigenvalue weighted by Gasteiger charge is 2.04. The number of halogens is 1. The number of methoxy groups -OCH3 is 1. The van der Waals surface area contributed by atoms with E-state index in [0.29, 0.717) is 5.88 Å². The van der Waals surface area contributed by atoms with E-state index in [4.69, 9.17) is 16.3 Å². The zero-order valence-electron chi connectivity index (χ0n) is 10.2. The molecular weight excluding hydrogens is 268 g/mol. The Balaban J connectivity index is 1.89. The Bertz CT molecular complexity index is 484. The summed E-state index contributed by atoms with van der Waals surface area (Å²) in [5, 5.41) is 10.4. The van der Waals surface area contributed by atoms with Gasteiger partial charge in [0.1, 0.15) is 15.8 Å². The van der Waals surface area contributed by atoms with Crippen molar-refractivity contribution in [2.75, 3.05) is 13.0 Å². The van der Waals surface area contributed by atoms with Crippen LogP contribution in [0.25, 0.3) is 0 Å². The van der Waals surface area contributed by atoms with Gasteiger partial charge in [0.25, 0.3) is 0 Å². The molecule has 0 amide bonds. The fraction of sp³-hybridized carbons (Fsp3) is 0.385. The minimum absolute atomic E-state index is 0.604. The third-order valence-corrected chi connectivity index (χ3v) is 3.84. The van der Waals surface area contributed by atoms with Gasteiger partial charge in [0, 0.05) is 18.7 Å². The molecule has 0 saturated heterocycles. The molecule has 96 valence electrons. The molecule has 0 bridgehead atoms. The number of hydrogen-bond donors (Lipinski definition) is 0. The van der Waals surface area contributed by atoms with Gasteiger partial charge in [-0.1, -0.05) is 12.1 Å². The van der Waals surface area contributed by atoms with E-state index in [-0.39, 0.29) is 0 Å². The lowest BCUT2D eigenvalue weighted by Crippen LogP contribution is -1.91. The molecule has 0 unspecified atom stereocenters. The van der Waals surface area contributed by atoms with Crippen LogP contribution >= 0.6 is 22.9 Å². The average Bonchev–Trinajstić information content (AvgIpc) is 2.85. The molecule has 5 heteroatoms. The molecule has 2 rings (SSSR count). The Kier molecular flexibility index (Phi) is 4.96. The summed E-state index contributed by atoms with van der Waals surface area (Å²) in [4.78, 5) is 0. The number of hydrogen-bond acceptors (Lipinski definition) is 4. The number of aromatic nitrogens is 2. The van der Waals surface area contributed by atoms with Gasteiger partial charge in [-0.2, -0.15) is 0 Å². The second-order valence-electron chi connectivity index (χ2n) is 3.88. The molecule has 0 atom stereocenters. The van der Waals surface area contributed by atoms with Crippen LogP contribution in [-0.2, 0) is 19.3 Å². The summed E-state index contributed by atoms with van der Waals surface area (Å²) in [6.45, 7) is 0. The third-order valence-electron chi connectivity index (χ3n) is 2.60. The van der Waals surface area contributed by atoms with Gasteiger partial charge in [-0.05, 0) is 24.1 Å². The Labute approximate surface area is 116 Å². The summed E-state index contributed by atoms with van der Waals surface area (Å²) < 4.78 is 5.13. The van der Waals surface area contributed by atoms with E-state index >= 15 is 0 Å². The second-order valence-corrected chi connectivity index (χ2v) is 5.40. The van der Waals surface area contributed by atoms with Crippen LogP contribution in [0.4, 0.5) is 0 Å². The first-order valence-corrected chi connectivity index (χ1v) is 7.17. The van der Waals surface area contributed by atoms with Crippen LogP contribution in [0.1, 0.15) is 15.6 Å². The molecule has 1 aromatic heterocycles. The fourth-order valence-electron chi connectivity index (χ4n) is 1.61. The van der Waals surface area contributed by atoms with Gasteiger partial charge in [-0.3, -0.25) is 0 Å². The van der Waals surface area contributed by atoms with Gasteiger partial charge in [0.2, 0.25) is 0 Å². The molecule has 18 heavy (non-hydrogen) atoms. The van der Waals surface area contributed by atoms with Crippen LogP contribution < -0.4 is 4.74 Å². The highest BCUT2D eigenvalue weighted by Crippen LogP contribution is 2.16. The molecule has 1 heterocycles. The predicted octanol–water partition coefficient (Wildman–Crippen LogP) is 3.11. The van der Waals surface area contributed by atoms with Crippen LogP contribution in [0.3, 0.4) is 0 Å². The molecule has 0 saturated carbocycles. The first kappa shape index (κ1) is 13.3. The monoisotopic (exact) mass is 282 g/mol. The maximum atomic E-state index is 5.67. The van der Waals surface area contributed by atoms with Crippen molar-refractivity contribution in [3.63, 3.8) is 0 Å². The summed E-state index contributed by atoms with van der Waals surface area (Å²) in [5.41, 5.74) is 1.28. The molecular formula is C13H15ClN2OS. The lowest BCUT2D eigenvalue weighted by atomic mass is 10.1. The lowest BCUT2D eigenvalue weighted by Gasteiger charge is -2.01. The van der Waals surface area contributed by atoms with Crippen LogP contribution in [0.2, 0.25) is 0 Å². The number of aryl methyl sites for hydroxylation is 3. The minimum atomic E-state index is 0.604. The Morgan fingerprint density at radius 2 is 1.72 bits per heavy atom. The van der Waals surface area contributed by atoms with E-state index in [1.807, 2.05) is 12.1 Å². The largest absolute Gasteiger partial charge is 0.497 e. The maximum absolute atomic E-state index is 5.67. The second kappa shape index (κ2) is 6.71. The highest BCUT2D eigenvalue weighted by atomic mass is 35.5. The van der Waals surface area contributed by atoms with E-state index < -0.39 is 0 Å². The van der Waals surface area contributed by atoms with Gasteiger partial charge in [-0.25, -0.2) is 0 Å². The van der Waals surface area contributed by atoms with Gasteiger partial charge >= 0.3 is 0 Å². The zero-order valence-corrected chi connectivity index (χ0v) is 11.8. The van der Waals surface area contributed by atoms with Gasteiger partial charge < -0.3 is 4.74 Å². The number of ether oxygens (including phenoxy) is 1. The molecule has 0 fully saturated rings. The molecule has 2 aromatic rings. The van der Waals surface area contributed by atoms with E-state index in [9.17, 15) is 0 Å². The summed E-state index contributed by atoms with van der Waals surface area (Å²) in [5.74, 6) is 1.49. The molecule has 3 nitrogen and oxygen atoms in total. The van der Waals surface area contributed by atoms with Crippen LogP contribution in [0.15, 0.2) is 24.3 Å². The molecule has 0 N–H and O–H groups in total. The van der Waals surface area contributed by atoms with Crippen molar-refractivity contribution < 1.29 is 4.74 Å². The Morgan fingerprint density at radius 1 is 1.06 bits per heavy atom. The zero-order chi connectivity index (χ0) is 12.8. The highest BCUT2D eigenvalue weighted by molar-refractivity contribution is 7.11. The summed E-state index contributed by atoms with van der Waals surface area (Å²) in [6.07, 6.45) is 2.70. The number of benzene rings is 1. The molecule has 0 aliphatic heterocycles. The standard InChI is InChI=1S/C13H15ClN2OS/c1-17-11-5-2-10(3-6-11)4-7-12-15-16-13(18-12)8-9-14/h2-3,5-6H,4,7-9H2,1H3. The van der Waals surface area contributed by atoms with Crippen molar-refractivity contribution in [3.8, 4) is 5.75 Å². The summed E-state index contributed by atoms with van der Waals surface area (Å²) in [7, 11) is 1.68. The first-order valence-electron chi connectivity index (χ1n) is 5.82. The first-order chi connectivity index (χ1) is 8.81. The quantitative estimate of drug-likeness (QED) is 0.764. The average molecular weight is 283 g/mol.